The minimum absolute atomic E-state index is 0.236. The second kappa shape index (κ2) is 10.4. The molecule has 8 nitrogen and oxygen atoms in total. The molecule has 0 spiro atoms. The van der Waals surface area contributed by atoms with Crippen molar-refractivity contribution in [1.82, 2.24) is 5.32 Å². The van der Waals surface area contributed by atoms with Gasteiger partial charge in [-0.25, -0.2) is 9.79 Å². The number of carbonyl (C=O) groups is 3. The number of imide groups is 1. The van der Waals surface area contributed by atoms with Gasteiger partial charge in [0.25, 0.3) is 5.91 Å². The van der Waals surface area contributed by atoms with E-state index >= 15 is 0 Å². The standard InChI is InChI=1S/C24H26N4O4S/c1-14(2)17-10-8-16(9-11-17)12-20-22(30)28(18-6-5-7-19(13-18)32-4)24(26-20)33-15(3)21(29)27-23(25)31/h5-15H,1-4H3,(H3,25,27,29,31)/b20-12+/t15-/m0/s1. The van der Waals surface area contributed by atoms with E-state index < -0.39 is 17.2 Å². The van der Waals surface area contributed by atoms with E-state index in [2.05, 4.69) is 24.2 Å². The quantitative estimate of drug-likeness (QED) is 0.627. The van der Waals surface area contributed by atoms with Crippen LogP contribution in [-0.2, 0) is 9.59 Å². The van der Waals surface area contributed by atoms with E-state index in [-0.39, 0.29) is 11.6 Å². The molecule has 9 heteroatoms. The molecule has 0 radical (unpaired) electrons. The van der Waals surface area contributed by atoms with Gasteiger partial charge in [0.2, 0.25) is 5.91 Å². The van der Waals surface area contributed by atoms with Gasteiger partial charge in [0, 0.05) is 6.07 Å². The molecule has 33 heavy (non-hydrogen) atoms. The van der Waals surface area contributed by atoms with Gasteiger partial charge < -0.3 is 10.5 Å². The van der Waals surface area contributed by atoms with Crippen molar-refractivity contribution in [3.8, 4) is 5.75 Å². The number of amides is 4. The Morgan fingerprint density at radius 2 is 1.85 bits per heavy atom. The first kappa shape index (κ1) is 24.1. The van der Waals surface area contributed by atoms with Gasteiger partial charge in [-0.3, -0.25) is 19.8 Å². The molecule has 0 bridgehead atoms. The Bertz CT molecular complexity index is 1130. The van der Waals surface area contributed by atoms with Gasteiger partial charge in [0.1, 0.15) is 11.4 Å². The molecule has 0 aliphatic carbocycles. The first-order valence-corrected chi connectivity index (χ1v) is 11.2. The summed E-state index contributed by atoms with van der Waals surface area (Å²) < 4.78 is 5.29. The summed E-state index contributed by atoms with van der Waals surface area (Å²) in [6, 6.07) is 14.0. The van der Waals surface area contributed by atoms with Gasteiger partial charge in [0.05, 0.1) is 18.0 Å². The number of hydrogen-bond acceptors (Lipinski definition) is 6. The molecule has 2 aromatic carbocycles. The fraction of sp³-hybridized carbons (Fsp3) is 0.250. The number of carbonyl (C=O) groups excluding carboxylic acids is 3. The number of aliphatic imine (C=N–C) groups is 1. The molecule has 172 valence electrons. The van der Waals surface area contributed by atoms with Gasteiger partial charge in [0.15, 0.2) is 5.17 Å². The van der Waals surface area contributed by atoms with Crippen LogP contribution in [-0.4, -0.2) is 35.4 Å². The number of anilines is 1. The Balaban J connectivity index is 1.96. The molecule has 2 aromatic rings. The average Bonchev–Trinajstić information content (AvgIpc) is 3.08. The summed E-state index contributed by atoms with van der Waals surface area (Å²) in [5, 5.41) is 1.64. The maximum absolute atomic E-state index is 13.3. The van der Waals surface area contributed by atoms with Crippen molar-refractivity contribution in [2.75, 3.05) is 12.0 Å². The number of hydrogen-bond donors (Lipinski definition) is 2. The maximum Gasteiger partial charge on any atom is 0.318 e. The summed E-state index contributed by atoms with van der Waals surface area (Å²) in [6.07, 6.45) is 1.71. The fourth-order valence-electron chi connectivity index (χ4n) is 3.12. The van der Waals surface area contributed by atoms with Crippen LogP contribution in [0.4, 0.5) is 10.5 Å². The van der Waals surface area contributed by atoms with Gasteiger partial charge in [-0.2, -0.15) is 0 Å². The van der Waals surface area contributed by atoms with Crippen molar-refractivity contribution < 1.29 is 19.1 Å². The van der Waals surface area contributed by atoms with Crippen molar-refractivity contribution in [3.63, 3.8) is 0 Å². The summed E-state index contributed by atoms with van der Waals surface area (Å²) in [6.45, 7) is 5.83. The smallest absolute Gasteiger partial charge is 0.318 e. The van der Waals surface area contributed by atoms with Crippen LogP contribution in [0.15, 0.2) is 59.2 Å². The maximum atomic E-state index is 13.3. The SMILES string of the molecule is COc1cccc(N2C(=O)/C(=C\c3ccc(C(C)C)cc3)N=C2S[C@@H](C)C(=O)NC(N)=O)c1. The number of nitrogens with zero attached hydrogens (tertiary/aromatic N) is 2. The Hall–Kier alpha value is -3.59. The van der Waals surface area contributed by atoms with Gasteiger partial charge >= 0.3 is 6.03 Å². The summed E-state index contributed by atoms with van der Waals surface area (Å²) in [4.78, 5) is 42.5. The third kappa shape index (κ3) is 5.81. The number of benzene rings is 2. The molecule has 1 heterocycles. The molecular formula is C24H26N4O4S. The van der Waals surface area contributed by atoms with Crippen LogP contribution in [0.5, 0.6) is 5.75 Å². The normalized spacial score (nSPS) is 15.5. The molecular weight excluding hydrogens is 440 g/mol. The molecule has 0 saturated heterocycles. The van der Waals surface area contributed by atoms with Crippen LogP contribution in [0.1, 0.15) is 37.8 Å². The summed E-state index contributed by atoms with van der Waals surface area (Å²) in [5.41, 5.74) is 7.87. The number of urea groups is 1. The minimum atomic E-state index is -0.938. The van der Waals surface area contributed by atoms with Crippen LogP contribution < -0.4 is 20.7 Å². The van der Waals surface area contributed by atoms with Crippen LogP contribution in [0.2, 0.25) is 0 Å². The van der Waals surface area contributed by atoms with Gasteiger partial charge in [-0.05, 0) is 42.2 Å². The summed E-state index contributed by atoms with van der Waals surface area (Å²) in [7, 11) is 1.54. The second-order valence-corrected chi connectivity index (χ2v) is 9.01. The van der Waals surface area contributed by atoms with E-state index in [9.17, 15) is 14.4 Å². The zero-order chi connectivity index (χ0) is 24.1. The van der Waals surface area contributed by atoms with E-state index in [0.29, 0.717) is 22.5 Å². The highest BCUT2D eigenvalue weighted by molar-refractivity contribution is 8.15. The highest BCUT2D eigenvalue weighted by Crippen LogP contribution is 2.33. The van der Waals surface area contributed by atoms with Crippen LogP contribution in [0.3, 0.4) is 0 Å². The fourth-order valence-corrected chi connectivity index (χ4v) is 4.05. The van der Waals surface area contributed by atoms with Crippen LogP contribution >= 0.6 is 11.8 Å². The molecule has 0 fully saturated rings. The first-order chi connectivity index (χ1) is 15.7. The van der Waals surface area contributed by atoms with Crippen molar-refractivity contribution in [1.29, 1.82) is 0 Å². The average molecular weight is 467 g/mol. The molecule has 0 aromatic heterocycles. The highest BCUT2D eigenvalue weighted by Gasteiger charge is 2.34. The molecule has 1 atom stereocenters. The van der Waals surface area contributed by atoms with E-state index in [0.717, 1.165) is 17.3 Å². The lowest BCUT2D eigenvalue weighted by Crippen LogP contribution is -2.41. The number of nitrogens with two attached hydrogens (primary N) is 1. The zero-order valence-electron chi connectivity index (χ0n) is 18.9. The Kier molecular flexibility index (Phi) is 7.55. The number of ether oxygens (including phenoxy) is 1. The molecule has 3 rings (SSSR count). The number of rotatable bonds is 6. The number of nitrogens with one attached hydrogen (secondary N) is 1. The number of amidine groups is 1. The van der Waals surface area contributed by atoms with Crippen molar-refractivity contribution >= 4 is 46.5 Å². The summed E-state index contributed by atoms with van der Waals surface area (Å²) >= 11 is 1.05. The lowest BCUT2D eigenvalue weighted by Gasteiger charge is -2.20. The second-order valence-electron chi connectivity index (χ2n) is 7.70. The largest absolute Gasteiger partial charge is 0.497 e. The van der Waals surface area contributed by atoms with Crippen LogP contribution in [0.25, 0.3) is 6.08 Å². The van der Waals surface area contributed by atoms with Crippen LogP contribution in [0, 0.1) is 0 Å². The van der Waals surface area contributed by atoms with Crippen molar-refractivity contribution in [2.45, 2.75) is 31.9 Å². The predicted molar refractivity (Wildman–Crippen MR) is 131 cm³/mol. The van der Waals surface area contributed by atoms with E-state index in [1.54, 1.807) is 37.3 Å². The van der Waals surface area contributed by atoms with Gasteiger partial charge in [-0.1, -0.05) is 55.9 Å². The molecule has 0 unspecified atom stereocenters. The Morgan fingerprint density at radius 1 is 1.15 bits per heavy atom. The Morgan fingerprint density at radius 3 is 2.45 bits per heavy atom. The molecule has 4 amide bonds. The van der Waals surface area contributed by atoms with E-state index in [1.807, 2.05) is 24.3 Å². The third-order valence-electron chi connectivity index (χ3n) is 4.95. The number of thioether (sulfide) groups is 1. The topological polar surface area (TPSA) is 114 Å². The number of methoxy groups -OCH3 is 1. The monoisotopic (exact) mass is 466 g/mol. The third-order valence-corrected chi connectivity index (χ3v) is 6.00. The Labute approximate surface area is 196 Å². The van der Waals surface area contributed by atoms with Gasteiger partial charge in [-0.15, -0.1) is 0 Å². The van der Waals surface area contributed by atoms with E-state index in [1.165, 1.54) is 17.6 Å². The first-order valence-electron chi connectivity index (χ1n) is 10.4. The van der Waals surface area contributed by atoms with Crippen molar-refractivity contribution in [2.24, 2.45) is 10.7 Å². The molecule has 0 saturated carbocycles. The lowest BCUT2D eigenvalue weighted by molar-refractivity contribution is -0.119. The lowest BCUT2D eigenvalue weighted by atomic mass is 10.0. The molecule has 1 aliphatic heterocycles. The number of primary amides is 1. The van der Waals surface area contributed by atoms with E-state index in [4.69, 9.17) is 10.5 Å². The highest BCUT2D eigenvalue weighted by atomic mass is 32.2. The summed E-state index contributed by atoms with van der Waals surface area (Å²) in [5.74, 6) is 0.0689. The predicted octanol–water partition coefficient (Wildman–Crippen LogP) is 3.88. The minimum Gasteiger partial charge on any atom is -0.497 e. The zero-order valence-corrected chi connectivity index (χ0v) is 19.7. The van der Waals surface area contributed by atoms with Crippen molar-refractivity contribution in [3.05, 3.63) is 65.4 Å². The molecule has 1 aliphatic rings. The molecule has 3 N–H and O–H groups in total.